The Labute approximate surface area is 115 Å². The van der Waals surface area contributed by atoms with E-state index < -0.39 is 0 Å². The molecule has 82 valence electrons. The highest BCUT2D eigenvalue weighted by Crippen LogP contribution is 2.39. The molecule has 0 bridgehead atoms. The predicted molar refractivity (Wildman–Crippen MR) is 74.6 cm³/mol. The van der Waals surface area contributed by atoms with E-state index in [0.29, 0.717) is 10.7 Å². The first-order valence-corrected chi connectivity index (χ1v) is 6.76. The van der Waals surface area contributed by atoms with E-state index in [1.54, 1.807) is 11.3 Å². The van der Waals surface area contributed by atoms with Crippen LogP contribution in [0.1, 0.15) is 5.56 Å². The molecule has 0 saturated heterocycles. The van der Waals surface area contributed by atoms with Crippen molar-refractivity contribution in [1.29, 1.82) is 5.26 Å². The highest BCUT2D eigenvalue weighted by Gasteiger charge is 2.13. The summed E-state index contributed by atoms with van der Waals surface area (Å²) in [6, 6.07) is 8.13. The Hall–Kier alpha value is -1.15. The Kier molecular flexibility index (Phi) is 2.55. The van der Waals surface area contributed by atoms with Gasteiger partial charge in [0.15, 0.2) is 0 Å². The molecule has 2 aromatic heterocycles. The van der Waals surface area contributed by atoms with Gasteiger partial charge in [0, 0.05) is 26.1 Å². The number of halogens is 2. The molecule has 0 radical (unpaired) electrons. The van der Waals surface area contributed by atoms with Crippen LogP contribution in [-0.2, 0) is 0 Å². The van der Waals surface area contributed by atoms with Gasteiger partial charge in [-0.25, -0.2) is 4.98 Å². The third kappa shape index (κ3) is 1.62. The van der Waals surface area contributed by atoms with Crippen molar-refractivity contribution in [3.8, 4) is 6.07 Å². The van der Waals surface area contributed by atoms with Gasteiger partial charge in [-0.1, -0.05) is 33.6 Å². The largest absolute Gasteiger partial charge is 0.242 e. The standard InChI is InChI=1S/C12H4BrClN2S/c13-7-1-2-8-9(3-7)17-11-6(4-15)5-16-12(14)10(8)11/h1-3,5H. The molecule has 0 atom stereocenters. The summed E-state index contributed by atoms with van der Waals surface area (Å²) in [6.07, 6.45) is 1.52. The van der Waals surface area contributed by atoms with E-state index in [1.807, 2.05) is 18.2 Å². The van der Waals surface area contributed by atoms with Crippen molar-refractivity contribution in [2.45, 2.75) is 0 Å². The SMILES string of the molecule is N#Cc1cnc(Cl)c2c1sc1cc(Br)ccc12. The Balaban J connectivity index is 2.60. The topological polar surface area (TPSA) is 36.7 Å². The monoisotopic (exact) mass is 322 g/mol. The van der Waals surface area contributed by atoms with Crippen molar-refractivity contribution in [1.82, 2.24) is 4.98 Å². The quantitative estimate of drug-likeness (QED) is 0.560. The molecule has 2 heterocycles. The highest BCUT2D eigenvalue weighted by atomic mass is 79.9. The number of thiophene rings is 1. The molecule has 3 rings (SSSR count). The van der Waals surface area contributed by atoms with Crippen LogP contribution >= 0.6 is 38.9 Å². The minimum atomic E-state index is 0.451. The fraction of sp³-hybridized carbons (Fsp3) is 0. The van der Waals surface area contributed by atoms with Crippen molar-refractivity contribution in [2.24, 2.45) is 0 Å². The number of fused-ring (bicyclic) bond motifs is 3. The van der Waals surface area contributed by atoms with Crippen LogP contribution in [0.3, 0.4) is 0 Å². The van der Waals surface area contributed by atoms with Gasteiger partial charge in [-0.2, -0.15) is 5.26 Å². The van der Waals surface area contributed by atoms with Crippen LogP contribution in [-0.4, -0.2) is 4.98 Å². The fourth-order valence-electron chi connectivity index (χ4n) is 1.79. The molecule has 2 nitrogen and oxygen atoms in total. The normalized spacial score (nSPS) is 10.9. The van der Waals surface area contributed by atoms with Crippen LogP contribution in [0.5, 0.6) is 0 Å². The van der Waals surface area contributed by atoms with Crippen LogP contribution in [0.15, 0.2) is 28.9 Å². The molecule has 0 N–H and O–H groups in total. The maximum Gasteiger partial charge on any atom is 0.138 e. The summed E-state index contributed by atoms with van der Waals surface area (Å²) >= 11 is 11.1. The van der Waals surface area contributed by atoms with Crippen LogP contribution in [0, 0.1) is 11.3 Å². The molecule has 1 aromatic carbocycles. The molecular formula is C12H4BrClN2S. The summed E-state index contributed by atoms with van der Waals surface area (Å²) in [5.41, 5.74) is 0.571. The van der Waals surface area contributed by atoms with Crippen molar-refractivity contribution < 1.29 is 0 Å². The molecule has 5 heteroatoms. The smallest absolute Gasteiger partial charge is 0.138 e. The lowest BCUT2D eigenvalue weighted by Gasteiger charge is -1.96. The van der Waals surface area contributed by atoms with Gasteiger partial charge in [-0.3, -0.25) is 0 Å². The van der Waals surface area contributed by atoms with E-state index in [4.69, 9.17) is 16.9 Å². The second kappa shape index (κ2) is 3.95. The average molecular weight is 324 g/mol. The second-order valence-corrected chi connectivity index (χ2v) is 5.85. The number of nitrogens with zero attached hydrogens (tertiary/aromatic N) is 2. The van der Waals surface area contributed by atoms with E-state index in [1.165, 1.54) is 6.20 Å². The maximum atomic E-state index is 9.07. The Morgan fingerprint density at radius 3 is 3.00 bits per heavy atom. The number of nitriles is 1. The number of hydrogen-bond acceptors (Lipinski definition) is 3. The van der Waals surface area contributed by atoms with E-state index >= 15 is 0 Å². The zero-order valence-electron chi connectivity index (χ0n) is 8.37. The number of hydrogen-bond donors (Lipinski definition) is 0. The molecule has 3 aromatic rings. The molecule has 0 saturated carbocycles. The number of benzene rings is 1. The molecule has 0 amide bonds. The molecule has 0 fully saturated rings. The van der Waals surface area contributed by atoms with Gasteiger partial charge in [0.1, 0.15) is 11.2 Å². The van der Waals surface area contributed by atoms with Gasteiger partial charge < -0.3 is 0 Å². The minimum absolute atomic E-state index is 0.451. The zero-order chi connectivity index (χ0) is 12.0. The minimum Gasteiger partial charge on any atom is -0.242 e. The molecule has 0 aliphatic heterocycles. The van der Waals surface area contributed by atoms with Crippen LogP contribution < -0.4 is 0 Å². The van der Waals surface area contributed by atoms with E-state index in [0.717, 1.165) is 24.6 Å². The molecule has 17 heavy (non-hydrogen) atoms. The summed E-state index contributed by atoms with van der Waals surface area (Å²) in [6.45, 7) is 0. The van der Waals surface area contributed by atoms with Crippen molar-refractivity contribution in [3.05, 3.63) is 39.6 Å². The summed E-state index contributed by atoms with van der Waals surface area (Å²) in [5.74, 6) is 0. The van der Waals surface area contributed by atoms with Gasteiger partial charge in [-0.05, 0) is 12.1 Å². The van der Waals surface area contributed by atoms with Gasteiger partial charge in [0.2, 0.25) is 0 Å². The predicted octanol–water partition coefficient (Wildman–Crippen LogP) is 4.74. The Bertz CT molecular complexity index is 788. The van der Waals surface area contributed by atoms with Crippen LogP contribution in [0.2, 0.25) is 5.15 Å². The summed E-state index contributed by atoms with van der Waals surface area (Å²) < 4.78 is 3.01. The first-order valence-electron chi connectivity index (χ1n) is 4.77. The first-order chi connectivity index (χ1) is 8.20. The zero-order valence-corrected chi connectivity index (χ0v) is 11.5. The number of aromatic nitrogens is 1. The first kappa shape index (κ1) is 11.0. The lowest BCUT2D eigenvalue weighted by atomic mass is 10.1. The van der Waals surface area contributed by atoms with Crippen molar-refractivity contribution in [2.75, 3.05) is 0 Å². The lowest BCUT2D eigenvalue weighted by Crippen LogP contribution is -1.80. The van der Waals surface area contributed by atoms with E-state index in [2.05, 4.69) is 27.0 Å². The van der Waals surface area contributed by atoms with Gasteiger partial charge >= 0.3 is 0 Å². The van der Waals surface area contributed by atoms with Gasteiger partial charge in [0.25, 0.3) is 0 Å². The van der Waals surface area contributed by atoms with E-state index in [-0.39, 0.29) is 0 Å². The fourth-order valence-corrected chi connectivity index (χ4v) is 3.81. The average Bonchev–Trinajstić information content (AvgIpc) is 2.68. The third-order valence-electron chi connectivity index (χ3n) is 2.53. The molecular weight excluding hydrogens is 320 g/mol. The van der Waals surface area contributed by atoms with Crippen LogP contribution in [0.4, 0.5) is 0 Å². The van der Waals surface area contributed by atoms with Crippen molar-refractivity contribution in [3.63, 3.8) is 0 Å². The number of pyridine rings is 1. The van der Waals surface area contributed by atoms with Crippen molar-refractivity contribution >= 4 is 59.0 Å². The summed E-state index contributed by atoms with van der Waals surface area (Å²) in [5, 5.41) is 11.4. The Morgan fingerprint density at radius 1 is 1.41 bits per heavy atom. The highest BCUT2D eigenvalue weighted by molar-refractivity contribution is 9.10. The summed E-state index contributed by atoms with van der Waals surface area (Å²) in [7, 11) is 0. The van der Waals surface area contributed by atoms with Crippen LogP contribution in [0.25, 0.3) is 20.2 Å². The maximum absolute atomic E-state index is 9.07. The third-order valence-corrected chi connectivity index (χ3v) is 4.50. The molecule has 0 aliphatic rings. The van der Waals surface area contributed by atoms with Gasteiger partial charge in [-0.15, -0.1) is 11.3 Å². The van der Waals surface area contributed by atoms with Gasteiger partial charge in [0.05, 0.1) is 10.3 Å². The molecule has 0 unspecified atom stereocenters. The summed E-state index contributed by atoms with van der Waals surface area (Å²) in [4.78, 5) is 4.06. The Morgan fingerprint density at radius 2 is 2.24 bits per heavy atom. The molecule has 0 aliphatic carbocycles. The lowest BCUT2D eigenvalue weighted by molar-refractivity contribution is 1.35. The number of rotatable bonds is 0. The van der Waals surface area contributed by atoms with E-state index in [9.17, 15) is 0 Å². The second-order valence-electron chi connectivity index (χ2n) is 3.52. The molecule has 0 spiro atoms.